The van der Waals surface area contributed by atoms with Gasteiger partial charge in [-0.1, -0.05) is 36.4 Å². The van der Waals surface area contributed by atoms with Crippen LogP contribution < -0.4 is 5.32 Å². The number of fused-ring (bicyclic) bond motifs is 1. The molecule has 3 rings (SSSR count). The van der Waals surface area contributed by atoms with E-state index in [1.54, 1.807) is 24.3 Å². The lowest BCUT2D eigenvalue weighted by Gasteiger charge is -2.18. The average Bonchev–Trinajstić information content (AvgIpc) is 2.75. The zero-order valence-electron chi connectivity index (χ0n) is 11.5. The molecule has 21 heavy (non-hydrogen) atoms. The summed E-state index contributed by atoms with van der Waals surface area (Å²) >= 11 is 0. The predicted molar refractivity (Wildman–Crippen MR) is 78.8 cm³/mol. The lowest BCUT2D eigenvalue weighted by atomic mass is 10.1. The summed E-state index contributed by atoms with van der Waals surface area (Å²) in [4.78, 5) is 12.1. The molecule has 0 radical (unpaired) electrons. The van der Waals surface area contributed by atoms with Crippen molar-refractivity contribution in [3.63, 3.8) is 0 Å². The molecular formula is C17H17NO3. The third-order valence-electron chi connectivity index (χ3n) is 3.80. The van der Waals surface area contributed by atoms with Crippen LogP contribution in [-0.2, 0) is 17.6 Å². The van der Waals surface area contributed by atoms with Crippen LogP contribution in [0.3, 0.4) is 0 Å². The Hall–Kier alpha value is -2.33. The SMILES string of the molecule is O=C(Cc1cccc(O)c1)NC1c2ccccc2CC1O. The number of hydrogen-bond acceptors (Lipinski definition) is 3. The van der Waals surface area contributed by atoms with E-state index in [1.165, 1.54) is 0 Å². The molecule has 0 saturated carbocycles. The topological polar surface area (TPSA) is 69.6 Å². The van der Waals surface area contributed by atoms with Crippen molar-refractivity contribution in [2.24, 2.45) is 0 Å². The molecule has 4 heteroatoms. The van der Waals surface area contributed by atoms with E-state index in [0.717, 1.165) is 16.7 Å². The number of hydrogen-bond donors (Lipinski definition) is 3. The Morgan fingerprint density at radius 3 is 2.81 bits per heavy atom. The minimum absolute atomic E-state index is 0.145. The predicted octanol–water partition coefficient (Wildman–Crippen LogP) is 1.71. The molecule has 3 N–H and O–H groups in total. The lowest BCUT2D eigenvalue weighted by Crippen LogP contribution is -2.34. The van der Waals surface area contributed by atoms with Crippen molar-refractivity contribution in [3.8, 4) is 5.75 Å². The molecule has 1 aliphatic rings. The van der Waals surface area contributed by atoms with E-state index in [2.05, 4.69) is 5.32 Å². The van der Waals surface area contributed by atoms with Gasteiger partial charge in [-0.2, -0.15) is 0 Å². The first-order valence-corrected chi connectivity index (χ1v) is 6.96. The van der Waals surface area contributed by atoms with Crippen molar-refractivity contribution in [2.75, 3.05) is 0 Å². The van der Waals surface area contributed by atoms with E-state index in [9.17, 15) is 15.0 Å². The Balaban J connectivity index is 1.70. The van der Waals surface area contributed by atoms with Gasteiger partial charge in [-0.05, 0) is 28.8 Å². The van der Waals surface area contributed by atoms with Crippen molar-refractivity contribution in [1.29, 1.82) is 0 Å². The third kappa shape index (κ3) is 2.90. The molecule has 1 aliphatic carbocycles. The molecule has 1 amide bonds. The second-order valence-electron chi connectivity index (χ2n) is 5.36. The van der Waals surface area contributed by atoms with E-state index in [-0.39, 0.29) is 24.1 Å². The van der Waals surface area contributed by atoms with Crippen LogP contribution in [0.1, 0.15) is 22.7 Å². The molecule has 0 heterocycles. The maximum atomic E-state index is 12.1. The Morgan fingerprint density at radius 1 is 1.19 bits per heavy atom. The zero-order chi connectivity index (χ0) is 14.8. The maximum absolute atomic E-state index is 12.1. The number of benzene rings is 2. The van der Waals surface area contributed by atoms with Crippen LogP contribution in [0.4, 0.5) is 0 Å². The van der Waals surface area contributed by atoms with Gasteiger partial charge in [0, 0.05) is 6.42 Å². The van der Waals surface area contributed by atoms with Crippen molar-refractivity contribution in [1.82, 2.24) is 5.32 Å². The molecule has 0 bridgehead atoms. The number of phenols is 1. The first-order chi connectivity index (χ1) is 10.1. The van der Waals surface area contributed by atoms with Gasteiger partial charge in [-0.3, -0.25) is 4.79 Å². The fourth-order valence-electron chi connectivity index (χ4n) is 2.82. The van der Waals surface area contributed by atoms with Crippen molar-refractivity contribution >= 4 is 5.91 Å². The highest BCUT2D eigenvalue weighted by Gasteiger charge is 2.31. The number of aromatic hydroxyl groups is 1. The van der Waals surface area contributed by atoms with Crippen LogP contribution in [0.5, 0.6) is 5.75 Å². The highest BCUT2D eigenvalue weighted by atomic mass is 16.3. The Morgan fingerprint density at radius 2 is 2.00 bits per heavy atom. The third-order valence-corrected chi connectivity index (χ3v) is 3.80. The van der Waals surface area contributed by atoms with Gasteiger partial charge >= 0.3 is 0 Å². The van der Waals surface area contributed by atoms with Crippen LogP contribution in [0, 0.1) is 0 Å². The quantitative estimate of drug-likeness (QED) is 0.803. The molecule has 0 saturated heterocycles. The van der Waals surface area contributed by atoms with Gasteiger partial charge in [0.1, 0.15) is 5.75 Å². The fraction of sp³-hybridized carbons (Fsp3) is 0.235. The Labute approximate surface area is 123 Å². The summed E-state index contributed by atoms with van der Waals surface area (Å²) < 4.78 is 0. The monoisotopic (exact) mass is 283 g/mol. The summed E-state index contributed by atoms with van der Waals surface area (Å²) in [5, 5.41) is 22.4. The van der Waals surface area contributed by atoms with Crippen LogP contribution >= 0.6 is 0 Å². The van der Waals surface area contributed by atoms with Gasteiger partial charge in [0.25, 0.3) is 0 Å². The number of rotatable bonds is 3. The summed E-state index contributed by atoms with van der Waals surface area (Å²) in [6, 6.07) is 14.0. The standard InChI is InChI=1S/C17H17NO3/c19-13-6-3-4-11(8-13)9-16(21)18-17-14-7-2-1-5-12(14)10-15(17)20/h1-8,15,17,19-20H,9-10H2,(H,18,21). The normalized spacial score (nSPS) is 20.0. The van der Waals surface area contributed by atoms with E-state index in [4.69, 9.17) is 0 Å². The average molecular weight is 283 g/mol. The fourth-order valence-corrected chi connectivity index (χ4v) is 2.82. The molecule has 2 atom stereocenters. The van der Waals surface area contributed by atoms with Crippen molar-refractivity contribution < 1.29 is 15.0 Å². The van der Waals surface area contributed by atoms with Gasteiger partial charge in [0.15, 0.2) is 0 Å². The second-order valence-corrected chi connectivity index (χ2v) is 5.36. The van der Waals surface area contributed by atoms with Gasteiger partial charge in [-0.15, -0.1) is 0 Å². The van der Waals surface area contributed by atoms with Crippen molar-refractivity contribution in [3.05, 3.63) is 65.2 Å². The molecule has 2 aromatic carbocycles. The number of aliphatic hydroxyl groups excluding tert-OH is 1. The van der Waals surface area contributed by atoms with E-state index in [0.29, 0.717) is 6.42 Å². The summed E-state index contributed by atoms with van der Waals surface area (Å²) in [6.45, 7) is 0. The number of amides is 1. The largest absolute Gasteiger partial charge is 0.508 e. The van der Waals surface area contributed by atoms with Gasteiger partial charge in [-0.25, -0.2) is 0 Å². The Bertz CT molecular complexity index is 669. The molecule has 0 spiro atoms. The zero-order valence-corrected chi connectivity index (χ0v) is 11.5. The van der Waals surface area contributed by atoms with E-state index >= 15 is 0 Å². The van der Waals surface area contributed by atoms with Gasteiger partial charge in [0.2, 0.25) is 5.91 Å². The lowest BCUT2D eigenvalue weighted by molar-refractivity contribution is -0.121. The maximum Gasteiger partial charge on any atom is 0.224 e. The molecule has 4 nitrogen and oxygen atoms in total. The second kappa shape index (κ2) is 5.58. The molecule has 0 aromatic heterocycles. The molecular weight excluding hydrogens is 266 g/mol. The number of nitrogens with one attached hydrogen (secondary N) is 1. The first-order valence-electron chi connectivity index (χ1n) is 6.96. The van der Waals surface area contributed by atoms with Crippen LogP contribution in [-0.4, -0.2) is 22.2 Å². The van der Waals surface area contributed by atoms with Gasteiger partial charge in [0.05, 0.1) is 18.6 Å². The van der Waals surface area contributed by atoms with Crippen LogP contribution in [0.25, 0.3) is 0 Å². The van der Waals surface area contributed by atoms with Crippen LogP contribution in [0.15, 0.2) is 48.5 Å². The Kier molecular flexibility index (Phi) is 3.62. The summed E-state index contributed by atoms with van der Waals surface area (Å²) in [5.41, 5.74) is 2.80. The number of phenolic OH excluding ortho intramolecular Hbond substituents is 1. The molecule has 2 aromatic rings. The highest BCUT2D eigenvalue weighted by molar-refractivity contribution is 5.79. The minimum atomic E-state index is -0.587. The van der Waals surface area contributed by atoms with E-state index < -0.39 is 6.10 Å². The summed E-state index contributed by atoms with van der Waals surface area (Å²) in [7, 11) is 0. The molecule has 0 fully saturated rings. The van der Waals surface area contributed by atoms with Crippen LogP contribution in [0.2, 0.25) is 0 Å². The smallest absolute Gasteiger partial charge is 0.224 e. The summed E-state index contributed by atoms with van der Waals surface area (Å²) in [6.07, 6.45) is 0.156. The number of aliphatic hydroxyl groups is 1. The number of carbonyl (C=O) groups is 1. The minimum Gasteiger partial charge on any atom is -0.508 e. The molecule has 2 unspecified atom stereocenters. The van der Waals surface area contributed by atoms with E-state index in [1.807, 2.05) is 24.3 Å². The highest BCUT2D eigenvalue weighted by Crippen LogP contribution is 2.31. The van der Waals surface area contributed by atoms with Crippen molar-refractivity contribution in [2.45, 2.75) is 25.0 Å². The first kappa shape index (κ1) is 13.6. The number of carbonyl (C=O) groups excluding carboxylic acids is 1. The molecule has 0 aliphatic heterocycles. The molecule has 108 valence electrons. The summed E-state index contributed by atoms with van der Waals surface area (Å²) in [5.74, 6) is -0.0205. The van der Waals surface area contributed by atoms with Gasteiger partial charge < -0.3 is 15.5 Å².